The minimum Gasteiger partial charge on any atom is -0.341 e. The lowest BCUT2D eigenvalue weighted by atomic mass is 9.89. The number of carbonyl (C=O) groups excluding carboxylic acids is 1. The van der Waals surface area contributed by atoms with Gasteiger partial charge in [0.15, 0.2) is 0 Å². The van der Waals surface area contributed by atoms with Crippen molar-refractivity contribution in [2.24, 2.45) is 11.8 Å². The predicted octanol–water partition coefficient (Wildman–Crippen LogP) is 2.93. The summed E-state index contributed by atoms with van der Waals surface area (Å²) in [5.41, 5.74) is 5.16. The van der Waals surface area contributed by atoms with E-state index in [-0.39, 0.29) is 5.91 Å². The first-order chi connectivity index (χ1) is 9.61. The minimum absolute atomic E-state index is 0.108. The number of nitrogens with one attached hydrogen (secondary N) is 1. The van der Waals surface area contributed by atoms with Crippen molar-refractivity contribution in [3.05, 3.63) is 29.3 Å². The standard InChI is InChI=1S/C16H25N3O/c1-12-10-14(18-17)8-9-15(12)16(20)19(2)11-13-6-4-3-5-7-13/h8-10,13,18H,3-7,11,17H2,1-2H3. The quantitative estimate of drug-likeness (QED) is 0.656. The number of nitrogens with zero attached hydrogens (tertiary/aromatic N) is 1. The van der Waals surface area contributed by atoms with Crippen molar-refractivity contribution in [3.8, 4) is 0 Å². The highest BCUT2D eigenvalue weighted by atomic mass is 16.2. The van der Waals surface area contributed by atoms with Gasteiger partial charge in [-0.3, -0.25) is 10.6 Å². The van der Waals surface area contributed by atoms with E-state index in [1.54, 1.807) is 0 Å². The molecule has 0 saturated heterocycles. The van der Waals surface area contributed by atoms with Crippen LogP contribution in [0.5, 0.6) is 0 Å². The van der Waals surface area contributed by atoms with Crippen molar-refractivity contribution >= 4 is 11.6 Å². The van der Waals surface area contributed by atoms with Crippen molar-refractivity contribution in [3.63, 3.8) is 0 Å². The van der Waals surface area contributed by atoms with Crippen LogP contribution in [0.3, 0.4) is 0 Å². The summed E-state index contributed by atoms with van der Waals surface area (Å²) in [4.78, 5) is 14.4. The average molecular weight is 275 g/mol. The van der Waals surface area contributed by atoms with E-state index in [1.807, 2.05) is 37.1 Å². The molecule has 0 bridgehead atoms. The first-order valence-electron chi connectivity index (χ1n) is 7.44. The maximum atomic E-state index is 12.5. The SMILES string of the molecule is Cc1cc(NN)ccc1C(=O)N(C)CC1CCCCC1. The molecule has 0 radical (unpaired) electrons. The Labute approximate surface area is 121 Å². The molecule has 0 atom stereocenters. The van der Waals surface area contributed by atoms with Gasteiger partial charge < -0.3 is 10.3 Å². The van der Waals surface area contributed by atoms with Gasteiger partial charge in [-0.05, 0) is 49.4 Å². The number of anilines is 1. The van der Waals surface area contributed by atoms with E-state index in [1.165, 1.54) is 32.1 Å². The molecule has 0 unspecified atom stereocenters. The molecule has 3 N–H and O–H groups in total. The highest BCUT2D eigenvalue weighted by Crippen LogP contribution is 2.25. The number of aryl methyl sites for hydroxylation is 1. The van der Waals surface area contributed by atoms with E-state index in [2.05, 4.69) is 5.43 Å². The van der Waals surface area contributed by atoms with Gasteiger partial charge in [-0.1, -0.05) is 19.3 Å². The number of hydrogen-bond acceptors (Lipinski definition) is 3. The molecule has 1 aliphatic rings. The Morgan fingerprint density at radius 2 is 2.05 bits per heavy atom. The van der Waals surface area contributed by atoms with Crippen molar-refractivity contribution in [2.75, 3.05) is 19.0 Å². The highest BCUT2D eigenvalue weighted by molar-refractivity contribution is 5.95. The molecule has 1 aromatic rings. The van der Waals surface area contributed by atoms with Crippen molar-refractivity contribution < 1.29 is 4.79 Å². The molecule has 4 nitrogen and oxygen atoms in total. The molecule has 0 spiro atoms. The van der Waals surface area contributed by atoms with Crippen LogP contribution in [0.1, 0.15) is 48.0 Å². The summed E-state index contributed by atoms with van der Waals surface area (Å²) in [6.07, 6.45) is 6.48. The monoisotopic (exact) mass is 275 g/mol. The molecule has 1 amide bonds. The van der Waals surface area contributed by atoms with E-state index in [9.17, 15) is 4.79 Å². The Morgan fingerprint density at radius 1 is 1.35 bits per heavy atom. The summed E-state index contributed by atoms with van der Waals surface area (Å²) < 4.78 is 0. The molecular weight excluding hydrogens is 250 g/mol. The molecule has 1 fully saturated rings. The van der Waals surface area contributed by atoms with Crippen molar-refractivity contribution in [1.82, 2.24) is 4.90 Å². The fraction of sp³-hybridized carbons (Fsp3) is 0.562. The molecule has 4 heteroatoms. The molecule has 110 valence electrons. The summed E-state index contributed by atoms with van der Waals surface area (Å²) in [7, 11) is 1.91. The fourth-order valence-electron chi connectivity index (χ4n) is 3.04. The third-order valence-electron chi connectivity index (χ3n) is 4.23. The van der Waals surface area contributed by atoms with Gasteiger partial charge in [0.1, 0.15) is 0 Å². The molecular formula is C16H25N3O. The summed E-state index contributed by atoms with van der Waals surface area (Å²) >= 11 is 0. The zero-order valence-electron chi connectivity index (χ0n) is 12.5. The van der Waals surface area contributed by atoms with Gasteiger partial charge in [-0.15, -0.1) is 0 Å². The molecule has 1 saturated carbocycles. The zero-order chi connectivity index (χ0) is 14.5. The van der Waals surface area contributed by atoms with Gasteiger partial charge in [0.2, 0.25) is 0 Å². The maximum Gasteiger partial charge on any atom is 0.253 e. The molecule has 20 heavy (non-hydrogen) atoms. The third kappa shape index (κ3) is 3.51. The lowest BCUT2D eigenvalue weighted by Gasteiger charge is -2.27. The highest BCUT2D eigenvalue weighted by Gasteiger charge is 2.20. The average Bonchev–Trinajstić information content (AvgIpc) is 2.47. The van der Waals surface area contributed by atoms with Crippen LogP contribution in [-0.4, -0.2) is 24.4 Å². The first-order valence-corrected chi connectivity index (χ1v) is 7.44. The zero-order valence-corrected chi connectivity index (χ0v) is 12.5. The molecule has 1 aromatic carbocycles. The molecule has 0 aromatic heterocycles. The third-order valence-corrected chi connectivity index (χ3v) is 4.23. The van der Waals surface area contributed by atoms with Crippen LogP contribution < -0.4 is 11.3 Å². The molecule has 0 heterocycles. The first kappa shape index (κ1) is 14.9. The van der Waals surface area contributed by atoms with E-state index in [4.69, 9.17) is 5.84 Å². The number of rotatable bonds is 4. The van der Waals surface area contributed by atoms with Crippen LogP contribution in [0, 0.1) is 12.8 Å². The smallest absolute Gasteiger partial charge is 0.253 e. The van der Waals surface area contributed by atoms with Crippen LogP contribution in [0.2, 0.25) is 0 Å². The second-order valence-corrected chi connectivity index (χ2v) is 5.86. The van der Waals surface area contributed by atoms with Gasteiger partial charge in [-0.25, -0.2) is 0 Å². The number of nitrogens with two attached hydrogens (primary N) is 1. The van der Waals surface area contributed by atoms with Crippen molar-refractivity contribution in [1.29, 1.82) is 0 Å². The second kappa shape index (κ2) is 6.75. The number of carbonyl (C=O) groups is 1. The number of hydrazine groups is 1. The number of amides is 1. The molecule has 2 rings (SSSR count). The van der Waals surface area contributed by atoms with Crippen LogP contribution in [0.4, 0.5) is 5.69 Å². The summed E-state index contributed by atoms with van der Waals surface area (Å²) in [6.45, 7) is 2.82. The minimum atomic E-state index is 0.108. The second-order valence-electron chi connectivity index (χ2n) is 5.86. The maximum absolute atomic E-state index is 12.5. The van der Waals surface area contributed by atoms with Crippen LogP contribution >= 0.6 is 0 Å². The van der Waals surface area contributed by atoms with Gasteiger partial charge in [0.05, 0.1) is 0 Å². The fourth-order valence-corrected chi connectivity index (χ4v) is 3.04. The molecule has 1 aliphatic carbocycles. The van der Waals surface area contributed by atoms with Gasteiger partial charge in [-0.2, -0.15) is 0 Å². The topological polar surface area (TPSA) is 58.4 Å². The normalized spacial score (nSPS) is 15.9. The van der Waals surface area contributed by atoms with Crippen LogP contribution in [-0.2, 0) is 0 Å². The lowest BCUT2D eigenvalue weighted by Crippen LogP contribution is -2.33. The largest absolute Gasteiger partial charge is 0.341 e. The Hall–Kier alpha value is -1.55. The predicted molar refractivity (Wildman–Crippen MR) is 82.5 cm³/mol. The van der Waals surface area contributed by atoms with Gasteiger partial charge in [0.25, 0.3) is 5.91 Å². The van der Waals surface area contributed by atoms with Crippen LogP contribution in [0.25, 0.3) is 0 Å². The van der Waals surface area contributed by atoms with E-state index in [0.717, 1.165) is 23.4 Å². The number of hydrogen-bond donors (Lipinski definition) is 2. The summed E-state index contributed by atoms with van der Waals surface area (Å²) in [6, 6.07) is 5.60. The van der Waals surface area contributed by atoms with E-state index >= 15 is 0 Å². The Morgan fingerprint density at radius 3 is 2.65 bits per heavy atom. The van der Waals surface area contributed by atoms with E-state index < -0.39 is 0 Å². The van der Waals surface area contributed by atoms with Gasteiger partial charge in [0, 0.05) is 24.8 Å². The Balaban J connectivity index is 2.02. The Kier molecular flexibility index (Phi) is 5.01. The van der Waals surface area contributed by atoms with Crippen LogP contribution in [0.15, 0.2) is 18.2 Å². The Bertz CT molecular complexity index is 467. The number of benzene rings is 1. The number of nitrogen functional groups attached to an aromatic ring is 1. The van der Waals surface area contributed by atoms with Crippen molar-refractivity contribution in [2.45, 2.75) is 39.0 Å². The van der Waals surface area contributed by atoms with Gasteiger partial charge >= 0.3 is 0 Å². The van der Waals surface area contributed by atoms with E-state index in [0.29, 0.717) is 5.92 Å². The summed E-state index contributed by atoms with van der Waals surface area (Å²) in [5.74, 6) is 6.16. The molecule has 0 aliphatic heterocycles. The summed E-state index contributed by atoms with van der Waals surface area (Å²) in [5, 5.41) is 0. The lowest BCUT2D eigenvalue weighted by molar-refractivity contribution is 0.0760.